The van der Waals surface area contributed by atoms with Crippen LogP contribution in [0.3, 0.4) is 0 Å². The molecule has 0 fully saturated rings. The standard InChI is InChI=1S/C20H19FN2O3S/c1-13(15-8-7-14-5-3-4-6-16(14)11-15)23-20(24)18-12-17(9-10-19(18)21)27(25,26)22-2/h3-13,22H,1-2H3,(H,23,24). The maximum absolute atomic E-state index is 14.1. The van der Waals surface area contributed by atoms with Crippen LogP contribution in [0.25, 0.3) is 10.8 Å². The largest absolute Gasteiger partial charge is 0.345 e. The number of sulfonamides is 1. The van der Waals surface area contributed by atoms with Crippen LogP contribution in [-0.2, 0) is 10.0 Å². The van der Waals surface area contributed by atoms with Crippen LogP contribution >= 0.6 is 0 Å². The number of hydrogen-bond acceptors (Lipinski definition) is 3. The van der Waals surface area contributed by atoms with Gasteiger partial charge in [-0.1, -0.05) is 36.4 Å². The number of halogens is 1. The molecule has 0 saturated carbocycles. The molecule has 3 rings (SSSR count). The fraction of sp³-hybridized carbons (Fsp3) is 0.150. The molecule has 0 aromatic heterocycles. The lowest BCUT2D eigenvalue weighted by Crippen LogP contribution is -2.28. The third kappa shape index (κ3) is 3.99. The molecule has 0 spiro atoms. The zero-order valence-electron chi connectivity index (χ0n) is 14.9. The van der Waals surface area contributed by atoms with E-state index in [2.05, 4.69) is 10.0 Å². The first-order valence-electron chi connectivity index (χ1n) is 8.34. The molecule has 0 aliphatic carbocycles. The molecule has 140 valence electrons. The van der Waals surface area contributed by atoms with E-state index < -0.39 is 21.7 Å². The molecule has 1 unspecified atom stereocenters. The van der Waals surface area contributed by atoms with Crippen LogP contribution in [-0.4, -0.2) is 21.4 Å². The zero-order valence-corrected chi connectivity index (χ0v) is 15.7. The average molecular weight is 386 g/mol. The van der Waals surface area contributed by atoms with E-state index in [1.54, 1.807) is 6.92 Å². The maximum atomic E-state index is 14.1. The quantitative estimate of drug-likeness (QED) is 0.706. The van der Waals surface area contributed by atoms with Crippen LogP contribution in [0.15, 0.2) is 65.6 Å². The van der Waals surface area contributed by atoms with Crippen molar-refractivity contribution in [3.05, 3.63) is 77.6 Å². The van der Waals surface area contributed by atoms with Crippen LogP contribution in [0.2, 0.25) is 0 Å². The van der Waals surface area contributed by atoms with Crippen molar-refractivity contribution in [2.75, 3.05) is 7.05 Å². The number of rotatable bonds is 5. The van der Waals surface area contributed by atoms with Gasteiger partial charge in [0.05, 0.1) is 16.5 Å². The molecule has 2 N–H and O–H groups in total. The summed E-state index contributed by atoms with van der Waals surface area (Å²) in [7, 11) is -2.52. The Balaban J connectivity index is 1.86. The van der Waals surface area contributed by atoms with Crippen LogP contribution in [0, 0.1) is 5.82 Å². The van der Waals surface area contributed by atoms with E-state index in [4.69, 9.17) is 0 Å². The van der Waals surface area contributed by atoms with E-state index in [1.165, 1.54) is 7.05 Å². The summed E-state index contributed by atoms with van der Waals surface area (Å²) in [4.78, 5) is 12.3. The predicted molar refractivity (Wildman–Crippen MR) is 102 cm³/mol. The molecule has 0 aliphatic rings. The number of amides is 1. The van der Waals surface area contributed by atoms with Gasteiger partial charge in [0.25, 0.3) is 5.91 Å². The van der Waals surface area contributed by atoms with Gasteiger partial charge in [-0.3, -0.25) is 4.79 Å². The molecule has 1 atom stereocenters. The van der Waals surface area contributed by atoms with Gasteiger partial charge in [-0.15, -0.1) is 0 Å². The van der Waals surface area contributed by atoms with Gasteiger partial charge in [0.2, 0.25) is 10.0 Å². The first-order chi connectivity index (χ1) is 12.8. The third-order valence-electron chi connectivity index (χ3n) is 4.38. The molecular weight excluding hydrogens is 367 g/mol. The molecule has 1 amide bonds. The van der Waals surface area contributed by atoms with Crippen molar-refractivity contribution in [2.24, 2.45) is 0 Å². The van der Waals surface area contributed by atoms with Gasteiger partial charge < -0.3 is 5.32 Å². The summed E-state index contributed by atoms with van der Waals surface area (Å²) in [5, 5.41) is 4.83. The van der Waals surface area contributed by atoms with Crippen LogP contribution in [0.5, 0.6) is 0 Å². The Bertz CT molecular complexity index is 1110. The number of carbonyl (C=O) groups excluding carboxylic acids is 1. The first-order valence-corrected chi connectivity index (χ1v) is 9.83. The van der Waals surface area contributed by atoms with Crippen molar-refractivity contribution < 1.29 is 17.6 Å². The smallest absolute Gasteiger partial charge is 0.254 e. The van der Waals surface area contributed by atoms with E-state index in [9.17, 15) is 17.6 Å². The monoisotopic (exact) mass is 386 g/mol. The highest BCUT2D eigenvalue weighted by atomic mass is 32.2. The number of carbonyl (C=O) groups is 1. The predicted octanol–water partition coefficient (Wildman–Crippen LogP) is 3.38. The van der Waals surface area contributed by atoms with Gasteiger partial charge >= 0.3 is 0 Å². The number of fused-ring (bicyclic) bond motifs is 1. The fourth-order valence-corrected chi connectivity index (χ4v) is 3.55. The van der Waals surface area contributed by atoms with Crippen molar-refractivity contribution in [3.63, 3.8) is 0 Å². The topological polar surface area (TPSA) is 75.3 Å². The number of nitrogens with one attached hydrogen (secondary N) is 2. The molecule has 7 heteroatoms. The molecule has 3 aromatic carbocycles. The highest BCUT2D eigenvalue weighted by Gasteiger charge is 2.20. The molecule has 27 heavy (non-hydrogen) atoms. The van der Waals surface area contributed by atoms with Gasteiger partial charge in [-0.25, -0.2) is 17.5 Å². The molecule has 0 aliphatic heterocycles. The second kappa shape index (κ2) is 7.46. The second-order valence-electron chi connectivity index (χ2n) is 6.15. The number of hydrogen-bond donors (Lipinski definition) is 2. The lowest BCUT2D eigenvalue weighted by Gasteiger charge is -2.16. The summed E-state index contributed by atoms with van der Waals surface area (Å²) in [5.41, 5.74) is 0.542. The minimum absolute atomic E-state index is 0.171. The fourth-order valence-electron chi connectivity index (χ4n) is 2.80. The summed E-state index contributed by atoms with van der Waals surface area (Å²) in [6.07, 6.45) is 0. The normalized spacial score (nSPS) is 12.7. The summed E-state index contributed by atoms with van der Waals surface area (Å²) < 4.78 is 40.0. The number of benzene rings is 3. The molecule has 0 heterocycles. The van der Waals surface area contributed by atoms with E-state index in [1.807, 2.05) is 42.5 Å². The Kier molecular flexibility index (Phi) is 5.25. The van der Waals surface area contributed by atoms with Crippen molar-refractivity contribution in [3.8, 4) is 0 Å². The van der Waals surface area contributed by atoms with Crippen molar-refractivity contribution >= 4 is 26.7 Å². The summed E-state index contributed by atoms with van der Waals surface area (Å²) in [5.74, 6) is -1.46. The Hall–Kier alpha value is -2.77. The lowest BCUT2D eigenvalue weighted by atomic mass is 10.0. The minimum Gasteiger partial charge on any atom is -0.345 e. The SMILES string of the molecule is CNS(=O)(=O)c1ccc(F)c(C(=O)NC(C)c2ccc3ccccc3c2)c1. The van der Waals surface area contributed by atoms with Crippen molar-refractivity contribution in [2.45, 2.75) is 17.9 Å². The second-order valence-corrected chi connectivity index (χ2v) is 8.04. The van der Waals surface area contributed by atoms with Crippen molar-refractivity contribution in [1.29, 1.82) is 0 Å². The van der Waals surface area contributed by atoms with Gasteiger partial charge in [0.1, 0.15) is 5.82 Å². The van der Waals surface area contributed by atoms with E-state index in [0.717, 1.165) is 34.5 Å². The lowest BCUT2D eigenvalue weighted by molar-refractivity contribution is 0.0935. The first kappa shape index (κ1) is 19.0. The Labute approximate surface area is 157 Å². The van der Waals surface area contributed by atoms with E-state index in [0.29, 0.717) is 0 Å². The maximum Gasteiger partial charge on any atom is 0.254 e. The van der Waals surface area contributed by atoms with Gasteiger partial charge in [-0.2, -0.15) is 0 Å². The van der Waals surface area contributed by atoms with Crippen LogP contribution < -0.4 is 10.0 Å². The molecule has 0 radical (unpaired) electrons. The summed E-state index contributed by atoms with van der Waals surface area (Å²) in [6.45, 7) is 1.79. The van der Waals surface area contributed by atoms with Crippen molar-refractivity contribution in [1.82, 2.24) is 10.0 Å². The summed E-state index contributed by atoms with van der Waals surface area (Å²) >= 11 is 0. The highest BCUT2D eigenvalue weighted by molar-refractivity contribution is 7.89. The Morgan fingerprint density at radius 1 is 1.00 bits per heavy atom. The molecule has 0 saturated heterocycles. The Morgan fingerprint density at radius 3 is 2.41 bits per heavy atom. The van der Waals surface area contributed by atoms with Gasteiger partial charge in [0, 0.05) is 0 Å². The molecule has 0 bridgehead atoms. The van der Waals surface area contributed by atoms with Crippen LogP contribution in [0.4, 0.5) is 4.39 Å². The molecular formula is C20H19FN2O3S. The Morgan fingerprint density at radius 2 is 1.70 bits per heavy atom. The van der Waals surface area contributed by atoms with Gasteiger partial charge in [0.15, 0.2) is 0 Å². The third-order valence-corrected chi connectivity index (χ3v) is 5.79. The van der Waals surface area contributed by atoms with E-state index in [-0.39, 0.29) is 16.5 Å². The van der Waals surface area contributed by atoms with E-state index >= 15 is 0 Å². The zero-order chi connectivity index (χ0) is 19.6. The molecule has 3 aromatic rings. The average Bonchev–Trinajstić information content (AvgIpc) is 2.67. The highest BCUT2D eigenvalue weighted by Crippen LogP contribution is 2.21. The molecule has 5 nitrogen and oxygen atoms in total. The van der Waals surface area contributed by atoms with Crippen LogP contribution in [0.1, 0.15) is 28.9 Å². The summed E-state index contributed by atoms with van der Waals surface area (Å²) in [6, 6.07) is 16.4. The van der Waals surface area contributed by atoms with Gasteiger partial charge in [-0.05, 0) is 54.6 Å². The minimum atomic E-state index is -3.77.